The van der Waals surface area contributed by atoms with E-state index in [0.29, 0.717) is 11.1 Å². The van der Waals surface area contributed by atoms with Crippen LogP contribution in [-0.2, 0) is 0 Å². The molecule has 0 aromatic heterocycles. The van der Waals surface area contributed by atoms with Gasteiger partial charge in [0.15, 0.2) is 0 Å². The van der Waals surface area contributed by atoms with E-state index in [1.54, 1.807) is 24.3 Å². The summed E-state index contributed by atoms with van der Waals surface area (Å²) in [5.74, 6) is 5.16. The van der Waals surface area contributed by atoms with Crippen LogP contribution in [0.1, 0.15) is 48.0 Å². The molecule has 4 nitrogen and oxygen atoms in total. The Balaban J connectivity index is 2.05. The highest BCUT2D eigenvalue weighted by atomic mass is 16.3. The second-order valence-electron chi connectivity index (χ2n) is 5.33. The zero-order chi connectivity index (χ0) is 15.1. The van der Waals surface area contributed by atoms with Gasteiger partial charge in [0.25, 0.3) is 5.91 Å². The van der Waals surface area contributed by atoms with Crippen LogP contribution in [0.5, 0.6) is 0 Å². The van der Waals surface area contributed by atoms with Gasteiger partial charge in [-0.2, -0.15) is 0 Å². The second kappa shape index (κ2) is 7.82. The van der Waals surface area contributed by atoms with E-state index < -0.39 is 6.10 Å². The maximum absolute atomic E-state index is 12.3. The molecule has 3 N–H and O–H groups in total. The van der Waals surface area contributed by atoms with Gasteiger partial charge in [-0.3, -0.25) is 4.79 Å². The van der Waals surface area contributed by atoms with Gasteiger partial charge in [-0.25, -0.2) is 0 Å². The van der Waals surface area contributed by atoms with E-state index in [0.717, 1.165) is 32.1 Å². The molecule has 1 aromatic carbocycles. The standard InChI is InChI=1S/C17H21NO3/c19-11-5-7-13-6-4-8-14(12-13)17(21)18-15-9-2-1-3-10-16(15)20/h4,6,8,12,15-16,19-20H,1-3,9-11H2,(H,18,21). The second-order valence-corrected chi connectivity index (χ2v) is 5.33. The summed E-state index contributed by atoms with van der Waals surface area (Å²) in [6, 6.07) is 6.80. The molecule has 21 heavy (non-hydrogen) atoms. The van der Waals surface area contributed by atoms with Crippen LogP contribution in [0.15, 0.2) is 24.3 Å². The number of aliphatic hydroxyl groups excluding tert-OH is 2. The van der Waals surface area contributed by atoms with E-state index in [1.807, 2.05) is 0 Å². The summed E-state index contributed by atoms with van der Waals surface area (Å²) in [4.78, 5) is 12.3. The molecule has 1 aliphatic carbocycles. The minimum atomic E-state index is -0.464. The molecule has 0 aliphatic heterocycles. The highest BCUT2D eigenvalue weighted by Crippen LogP contribution is 2.18. The van der Waals surface area contributed by atoms with Crippen molar-refractivity contribution in [3.63, 3.8) is 0 Å². The molecule has 4 heteroatoms. The Kier molecular flexibility index (Phi) is 5.79. The Labute approximate surface area is 125 Å². The first-order chi connectivity index (χ1) is 10.2. The molecule has 112 valence electrons. The monoisotopic (exact) mass is 287 g/mol. The Morgan fingerprint density at radius 1 is 1.29 bits per heavy atom. The molecule has 0 radical (unpaired) electrons. The molecule has 1 aromatic rings. The average molecular weight is 287 g/mol. The normalized spacial score (nSPS) is 21.8. The van der Waals surface area contributed by atoms with Gasteiger partial charge in [0.1, 0.15) is 6.61 Å². The minimum absolute atomic E-state index is 0.174. The Morgan fingerprint density at radius 3 is 2.90 bits per heavy atom. The number of nitrogens with one attached hydrogen (secondary N) is 1. The number of carbonyl (C=O) groups is 1. The quantitative estimate of drug-likeness (QED) is 0.569. The lowest BCUT2D eigenvalue weighted by Gasteiger charge is -2.21. The topological polar surface area (TPSA) is 69.6 Å². The molecule has 0 bridgehead atoms. The molecular formula is C17H21NO3. The Morgan fingerprint density at radius 2 is 2.10 bits per heavy atom. The largest absolute Gasteiger partial charge is 0.391 e. The van der Waals surface area contributed by atoms with Gasteiger partial charge in [0.2, 0.25) is 0 Å². The zero-order valence-electron chi connectivity index (χ0n) is 12.0. The molecule has 2 atom stereocenters. The fourth-order valence-corrected chi connectivity index (χ4v) is 2.59. The lowest BCUT2D eigenvalue weighted by molar-refractivity contribution is 0.0819. The molecule has 2 unspecified atom stereocenters. The fraction of sp³-hybridized carbons (Fsp3) is 0.471. The van der Waals surface area contributed by atoms with Crippen LogP contribution in [0.3, 0.4) is 0 Å². The Hall–Kier alpha value is -1.83. The van der Waals surface area contributed by atoms with Gasteiger partial charge in [0, 0.05) is 11.1 Å². The van der Waals surface area contributed by atoms with Crippen molar-refractivity contribution in [1.82, 2.24) is 5.32 Å². The third-order valence-corrected chi connectivity index (χ3v) is 3.73. The summed E-state index contributed by atoms with van der Waals surface area (Å²) in [6.45, 7) is -0.204. The maximum atomic E-state index is 12.3. The number of benzene rings is 1. The first-order valence-electron chi connectivity index (χ1n) is 7.39. The van der Waals surface area contributed by atoms with Gasteiger partial charge in [-0.1, -0.05) is 37.2 Å². The van der Waals surface area contributed by atoms with Crippen molar-refractivity contribution in [2.24, 2.45) is 0 Å². The number of carbonyl (C=O) groups excluding carboxylic acids is 1. The zero-order valence-corrected chi connectivity index (χ0v) is 12.0. The summed E-state index contributed by atoms with van der Waals surface area (Å²) in [6.07, 6.45) is 4.25. The van der Waals surface area contributed by atoms with Crippen molar-refractivity contribution < 1.29 is 15.0 Å². The molecule has 1 amide bonds. The third kappa shape index (κ3) is 4.59. The minimum Gasteiger partial charge on any atom is -0.391 e. The summed E-state index contributed by atoms with van der Waals surface area (Å²) in [5, 5.41) is 21.7. The van der Waals surface area contributed by atoms with Crippen molar-refractivity contribution in [2.45, 2.75) is 44.2 Å². The van der Waals surface area contributed by atoms with Crippen LogP contribution in [0.25, 0.3) is 0 Å². The molecule has 0 saturated heterocycles. The molecule has 0 spiro atoms. The van der Waals surface area contributed by atoms with Gasteiger partial charge in [0.05, 0.1) is 12.1 Å². The van der Waals surface area contributed by atoms with E-state index in [2.05, 4.69) is 17.2 Å². The number of aliphatic hydroxyl groups is 2. The summed E-state index contributed by atoms with van der Waals surface area (Å²) < 4.78 is 0. The Bertz CT molecular complexity index is 544. The molecule has 0 heterocycles. The highest BCUT2D eigenvalue weighted by Gasteiger charge is 2.23. The van der Waals surface area contributed by atoms with Crippen LogP contribution in [0.2, 0.25) is 0 Å². The average Bonchev–Trinajstić information content (AvgIpc) is 2.70. The van der Waals surface area contributed by atoms with Crippen molar-refractivity contribution in [3.8, 4) is 11.8 Å². The van der Waals surface area contributed by atoms with E-state index in [4.69, 9.17) is 5.11 Å². The van der Waals surface area contributed by atoms with Crippen LogP contribution in [0.4, 0.5) is 0 Å². The van der Waals surface area contributed by atoms with E-state index in [1.165, 1.54) is 0 Å². The third-order valence-electron chi connectivity index (χ3n) is 3.73. The van der Waals surface area contributed by atoms with Crippen molar-refractivity contribution >= 4 is 5.91 Å². The van der Waals surface area contributed by atoms with Crippen molar-refractivity contribution in [3.05, 3.63) is 35.4 Å². The van der Waals surface area contributed by atoms with Crippen molar-refractivity contribution in [1.29, 1.82) is 0 Å². The fourth-order valence-electron chi connectivity index (χ4n) is 2.59. The number of hydrogen-bond donors (Lipinski definition) is 3. The van der Waals surface area contributed by atoms with E-state index >= 15 is 0 Å². The number of hydrogen-bond acceptors (Lipinski definition) is 3. The lowest BCUT2D eigenvalue weighted by Crippen LogP contribution is -2.42. The van der Waals surface area contributed by atoms with E-state index in [-0.39, 0.29) is 18.6 Å². The maximum Gasteiger partial charge on any atom is 0.251 e. The molecule has 1 saturated carbocycles. The van der Waals surface area contributed by atoms with Crippen LogP contribution in [-0.4, -0.2) is 34.9 Å². The lowest BCUT2D eigenvalue weighted by atomic mass is 10.0. The SMILES string of the molecule is O=C(NC1CCCCCC1O)c1cccc(C#CCO)c1. The summed E-state index contributed by atoms with van der Waals surface area (Å²) in [7, 11) is 0. The van der Waals surface area contributed by atoms with Crippen LogP contribution < -0.4 is 5.32 Å². The molecular weight excluding hydrogens is 266 g/mol. The van der Waals surface area contributed by atoms with Crippen molar-refractivity contribution in [2.75, 3.05) is 6.61 Å². The molecule has 1 aliphatic rings. The molecule has 2 rings (SSSR count). The first-order valence-corrected chi connectivity index (χ1v) is 7.39. The van der Waals surface area contributed by atoms with Gasteiger partial charge >= 0.3 is 0 Å². The summed E-state index contributed by atoms with van der Waals surface area (Å²) >= 11 is 0. The number of amides is 1. The van der Waals surface area contributed by atoms with Crippen LogP contribution >= 0.6 is 0 Å². The summed E-state index contributed by atoms with van der Waals surface area (Å²) in [5.41, 5.74) is 1.22. The van der Waals surface area contributed by atoms with E-state index in [9.17, 15) is 9.90 Å². The van der Waals surface area contributed by atoms with Gasteiger partial charge in [-0.05, 0) is 31.0 Å². The molecule has 1 fully saturated rings. The van der Waals surface area contributed by atoms with Gasteiger partial charge in [-0.15, -0.1) is 0 Å². The first kappa shape index (κ1) is 15.6. The van der Waals surface area contributed by atoms with Crippen LogP contribution in [0, 0.1) is 11.8 Å². The highest BCUT2D eigenvalue weighted by molar-refractivity contribution is 5.94. The van der Waals surface area contributed by atoms with Gasteiger partial charge < -0.3 is 15.5 Å². The predicted octanol–water partition coefficient (Wildman–Crippen LogP) is 1.45. The predicted molar refractivity (Wildman–Crippen MR) is 80.8 cm³/mol. The smallest absolute Gasteiger partial charge is 0.251 e. The number of rotatable bonds is 2.